The van der Waals surface area contributed by atoms with Crippen LogP contribution < -0.4 is 5.69 Å². The highest BCUT2D eigenvalue weighted by Gasteiger charge is 2.15. The Morgan fingerprint density at radius 2 is 1.76 bits per heavy atom. The van der Waals surface area contributed by atoms with E-state index in [4.69, 9.17) is 5.10 Å². The first kappa shape index (κ1) is 23.6. The van der Waals surface area contributed by atoms with Crippen molar-refractivity contribution in [3.05, 3.63) is 70.4 Å². The molecular weight excluding hydrogens is 426 g/mol. The highest BCUT2D eigenvalue weighted by Crippen LogP contribution is 2.29. The maximum Gasteiger partial charge on any atom is 0.346 e. The van der Waals surface area contributed by atoms with Crippen LogP contribution in [0.4, 0.5) is 0 Å². The Kier molecular flexibility index (Phi) is 7.67. The lowest BCUT2D eigenvalue weighted by atomic mass is 9.98. The van der Waals surface area contributed by atoms with E-state index in [-0.39, 0.29) is 5.69 Å². The number of aromatic nitrogens is 7. The van der Waals surface area contributed by atoms with E-state index in [1.54, 1.807) is 4.68 Å². The average Bonchev–Trinajstić information content (AvgIpc) is 3.48. The normalized spacial score (nSPS) is 11.4. The van der Waals surface area contributed by atoms with E-state index >= 15 is 0 Å². The second-order valence-electron chi connectivity index (χ2n) is 9.13. The molecule has 0 fully saturated rings. The molecule has 0 aliphatic rings. The Morgan fingerprint density at radius 3 is 2.44 bits per heavy atom. The first-order chi connectivity index (χ1) is 16.6. The van der Waals surface area contributed by atoms with Crippen molar-refractivity contribution in [3.8, 4) is 22.5 Å². The Labute approximate surface area is 200 Å². The van der Waals surface area contributed by atoms with Gasteiger partial charge in [-0.2, -0.15) is 10.3 Å². The molecule has 0 aliphatic heterocycles. The summed E-state index contributed by atoms with van der Waals surface area (Å²) in [5, 5.41) is 19.2. The van der Waals surface area contributed by atoms with Crippen LogP contribution in [0.25, 0.3) is 22.5 Å². The summed E-state index contributed by atoms with van der Waals surface area (Å²) in [6.45, 7) is 7.71. The maximum absolute atomic E-state index is 13.1. The summed E-state index contributed by atoms with van der Waals surface area (Å²) in [6.07, 6.45) is 5.10. The zero-order valence-corrected chi connectivity index (χ0v) is 20.2. The van der Waals surface area contributed by atoms with Crippen molar-refractivity contribution in [1.82, 2.24) is 35.0 Å². The Hall–Kier alpha value is -3.55. The molecule has 4 aromatic rings. The summed E-state index contributed by atoms with van der Waals surface area (Å²) in [5.41, 5.74) is 4.08. The fraction of sp³-hybridized carbons (Fsp3) is 0.423. The lowest BCUT2D eigenvalue weighted by Crippen LogP contribution is -2.26. The number of tetrazole rings is 1. The highest BCUT2D eigenvalue weighted by atomic mass is 16.2. The number of hydrogen-bond acceptors (Lipinski definition) is 5. The van der Waals surface area contributed by atoms with Crippen LogP contribution in [0.5, 0.6) is 0 Å². The van der Waals surface area contributed by atoms with Gasteiger partial charge in [0, 0.05) is 18.5 Å². The van der Waals surface area contributed by atoms with Gasteiger partial charge in [0.2, 0.25) is 5.82 Å². The van der Waals surface area contributed by atoms with Gasteiger partial charge in [0.25, 0.3) is 0 Å². The third-order valence-corrected chi connectivity index (χ3v) is 6.04. The number of hydrogen-bond donors (Lipinski definition) is 1. The van der Waals surface area contributed by atoms with Crippen molar-refractivity contribution in [3.63, 3.8) is 0 Å². The van der Waals surface area contributed by atoms with Gasteiger partial charge in [0.15, 0.2) is 0 Å². The predicted octanol–water partition coefficient (Wildman–Crippen LogP) is 4.72. The van der Waals surface area contributed by atoms with Crippen molar-refractivity contribution in [2.75, 3.05) is 0 Å². The van der Waals surface area contributed by atoms with Gasteiger partial charge in [-0.05, 0) is 40.7 Å². The molecule has 0 radical (unpaired) electrons. The zero-order chi connectivity index (χ0) is 23.9. The number of nitrogens with zero attached hydrogens (tertiary/aromatic N) is 6. The molecule has 4 rings (SSSR count). The number of unbranched alkanes of at least 4 members (excludes halogenated alkanes) is 2. The second-order valence-corrected chi connectivity index (χ2v) is 9.13. The van der Waals surface area contributed by atoms with Crippen LogP contribution in [0.2, 0.25) is 0 Å². The van der Waals surface area contributed by atoms with Gasteiger partial charge in [-0.3, -0.25) is 4.57 Å². The molecule has 8 heteroatoms. The zero-order valence-electron chi connectivity index (χ0n) is 20.2. The van der Waals surface area contributed by atoms with Crippen LogP contribution >= 0.6 is 0 Å². The van der Waals surface area contributed by atoms with Crippen LogP contribution in [-0.4, -0.2) is 35.0 Å². The number of benzene rings is 2. The van der Waals surface area contributed by atoms with Crippen molar-refractivity contribution in [2.24, 2.45) is 5.92 Å². The minimum atomic E-state index is -0.0151. The number of H-pyrrole nitrogens is 1. The fourth-order valence-electron chi connectivity index (χ4n) is 4.07. The molecule has 0 bridgehead atoms. The summed E-state index contributed by atoms with van der Waals surface area (Å²) < 4.78 is 3.50. The predicted molar refractivity (Wildman–Crippen MR) is 133 cm³/mol. The van der Waals surface area contributed by atoms with Gasteiger partial charge in [0.05, 0.1) is 6.54 Å². The van der Waals surface area contributed by atoms with E-state index < -0.39 is 0 Å². The first-order valence-electron chi connectivity index (χ1n) is 12.2. The summed E-state index contributed by atoms with van der Waals surface area (Å²) in [5.74, 6) is 1.98. The van der Waals surface area contributed by atoms with Gasteiger partial charge in [-0.15, -0.1) is 10.2 Å². The van der Waals surface area contributed by atoms with Crippen LogP contribution in [-0.2, 0) is 19.5 Å². The van der Waals surface area contributed by atoms with Crippen molar-refractivity contribution in [2.45, 2.75) is 66.0 Å². The quantitative estimate of drug-likeness (QED) is 0.328. The van der Waals surface area contributed by atoms with Gasteiger partial charge in [0.1, 0.15) is 5.82 Å². The van der Waals surface area contributed by atoms with E-state index in [2.05, 4.69) is 71.7 Å². The maximum atomic E-state index is 13.1. The van der Waals surface area contributed by atoms with Crippen molar-refractivity contribution in [1.29, 1.82) is 0 Å². The lowest BCUT2D eigenvalue weighted by Gasteiger charge is -2.09. The molecule has 0 atom stereocenters. The molecule has 0 unspecified atom stereocenters. The van der Waals surface area contributed by atoms with Gasteiger partial charge in [-0.1, -0.05) is 82.1 Å². The molecule has 0 saturated carbocycles. The van der Waals surface area contributed by atoms with Gasteiger partial charge in [-0.25, -0.2) is 9.48 Å². The molecule has 2 aromatic carbocycles. The summed E-state index contributed by atoms with van der Waals surface area (Å²) in [7, 11) is 0. The number of aryl methyl sites for hydroxylation is 2. The van der Waals surface area contributed by atoms with E-state index in [9.17, 15) is 4.79 Å². The molecule has 1 N–H and O–H groups in total. The smallest absolute Gasteiger partial charge is 0.274 e. The van der Waals surface area contributed by atoms with E-state index in [1.807, 2.05) is 22.8 Å². The first-order valence-corrected chi connectivity index (χ1v) is 12.2. The highest BCUT2D eigenvalue weighted by molar-refractivity contribution is 5.80. The Balaban J connectivity index is 1.58. The monoisotopic (exact) mass is 459 g/mol. The summed E-state index contributed by atoms with van der Waals surface area (Å²) >= 11 is 0. The molecule has 0 saturated heterocycles. The number of rotatable bonds is 11. The van der Waals surface area contributed by atoms with Crippen LogP contribution in [0.3, 0.4) is 0 Å². The molecule has 34 heavy (non-hydrogen) atoms. The van der Waals surface area contributed by atoms with Gasteiger partial charge >= 0.3 is 5.69 Å². The third kappa shape index (κ3) is 5.50. The molecular formula is C26H33N7O. The lowest BCUT2D eigenvalue weighted by molar-refractivity contribution is 0.472. The third-order valence-electron chi connectivity index (χ3n) is 6.04. The molecule has 2 heterocycles. The van der Waals surface area contributed by atoms with Crippen molar-refractivity contribution < 1.29 is 0 Å². The minimum absolute atomic E-state index is 0.0151. The number of aromatic amines is 1. The van der Waals surface area contributed by atoms with Crippen LogP contribution in [0.15, 0.2) is 53.3 Å². The Morgan fingerprint density at radius 1 is 1.00 bits per heavy atom. The van der Waals surface area contributed by atoms with Crippen LogP contribution in [0, 0.1) is 5.92 Å². The SMILES string of the molecule is CCCCCc1nn(CCC(C)C)c(=O)n1Cc1ccc(-c2ccccc2-c2nn[nH]n2)cc1. The summed E-state index contributed by atoms with van der Waals surface area (Å²) in [4.78, 5) is 13.1. The fourth-order valence-corrected chi connectivity index (χ4v) is 4.07. The average molecular weight is 460 g/mol. The van der Waals surface area contributed by atoms with Gasteiger partial charge < -0.3 is 0 Å². The van der Waals surface area contributed by atoms with E-state index in [0.717, 1.165) is 60.2 Å². The molecule has 0 amide bonds. The molecule has 8 nitrogen and oxygen atoms in total. The summed E-state index contributed by atoms with van der Waals surface area (Å²) in [6, 6.07) is 16.3. The van der Waals surface area contributed by atoms with Crippen molar-refractivity contribution >= 4 is 0 Å². The molecule has 178 valence electrons. The Bertz CT molecular complexity index is 1240. The van der Waals surface area contributed by atoms with Crippen LogP contribution in [0.1, 0.15) is 57.8 Å². The van der Waals surface area contributed by atoms with E-state index in [1.165, 1.54) is 0 Å². The largest absolute Gasteiger partial charge is 0.346 e. The second kappa shape index (κ2) is 11.0. The standard InChI is InChI=1S/C26H33N7O/c1-4-5-6-11-24-29-33(17-16-19(2)3)26(34)32(24)18-20-12-14-21(15-13-20)22-9-7-8-10-23(22)25-27-30-31-28-25/h7-10,12-15,19H,4-6,11,16-18H2,1-3H3,(H,27,28,30,31). The van der Waals surface area contributed by atoms with E-state index in [0.29, 0.717) is 24.8 Å². The molecule has 2 aromatic heterocycles. The topological polar surface area (TPSA) is 94.3 Å². The molecule has 0 spiro atoms. The minimum Gasteiger partial charge on any atom is -0.274 e. The number of nitrogens with one attached hydrogen (secondary N) is 1. The molecule has 0 aliphatic carbocycles.